The molecule has 0 radical (unpaired) electrons. The molecule has 0 fully saturated rings. The smallest absolute Gasteiger partial charge is 0.342 e. The zero-order chi connectivity index (χ0) is 26.7. The quantitative estimate of drug-likeness (QED) is 0.142. The van der Waals surface area contributed by atoms with Crippen LogP contribution in [0.1, 0.15) is 28.4 Å². The van der Waals surface area contributed by atoms with Gasteiger partial charge in [0, 0.05) is 12.3 Å². The van der Waals surface area contributed by atoms with Crippen molar-refractivity contribution in [1.82, 2.24) is 0 Å². The Morgan fingerprint density at radius 3 is 2.44 bits per heavy atom. The number of sulfonamides is 1. The van der Waals surface area contributed by atoms with Crippen LogP contribution in [0.15, 0.2) is 60.7 Å². The predicted molar refractivity (Wildman–Crippen MR) is 145 cm³/mol. The first-order valence-corrected chi connectivity index (χ1v) is 13.4. The highest BCUT2D eigenvalue weighted by Gasteiger charge is 2.15. The lowest BCUT2D eigenvalue weighted by Crippen LogP contribution is -2.17. The van der Waals surface area contributed by atoms with Gasteiger partial charge in [-0.2, -0.15) is 0 Å². The van der Waals surface area contributed by atoms with E-state index in [0.717, 1.165) is 11.1 Å². The second-order valence-electron chi connectivity index (χ2n) is 7.63. The van der Waals surface area contributed by atoms with Gasteiger partial charge in [0.15, 0.2) is 6.79 Å². The number of anilines is 3. The van der Waals surface area contributed by atoms with Crippen molar-refractivity contribution in [3.63, 3.8) is 0 Å². The highest BCUT2D eigenvalue weighted by Crippen LogP contribution is 2.36. The Balaban J connectivity index is 0.000000297. The van der Waals surface area contributed by atoms with E-state index in [0.29, 0.717) is 45.7 Å². The third-order valence-electron chi connectivity index (χ3n) is 4.79. The Hall–Kier alpha value is -2.82. The molecular weight excluding hydrogens is 525 g/mol. The van der Waals surface area contributed by atoms with Crippen LogP contribution in [0.5, 0.6) is 0 Å². The lowest BCUT2D eigenvalue weighted by Gasteiger charge is -2.15. The van der Waals surface area contributed by atoms with Gasteiger partial charge in [0.2, 0.25) is 10.0 Å². The van der Waals surface area contributed by atoms with Crippen LogP contribution in [0.25, 0.3) is 0 Å². The number of para-hydroxylation sites is 1. The number of hydrogen-bond donors (Lipinski definition) is 3. The van der Waals surface area contributed by atoms with Crippen LogP contribution in [0.4, 0.5) is 17.1 Å². The van der Waals surface area contributed by atoms with Gasteiger partial charge in [-0.1, -0.05) is 53.5 Å². The van der Waals surface area contributed by atoms with Gasteiger partial charge in [-0.05, 0) is 61.7 Å². The molecule has 36 heavy (non-hydrogen) atoms. The number of nitrogen functional groups attached to an aromatic ring is 1. The number of carbonyl (C=O) groups excluding carboxylic acids is 1. The summed E-state index contributed by atoms with van der Waals surface area (Å²) >= 11 is 12.5. The molecule has 0 aliphatic carbocycles. The first-order chi connectivity index (χ1) is 17.0. The second kappa shape index (κ2) is 14.1. The van der Waals surface area contributed by atoms with Gasteiger partial charge < -0.3 is 20.5 Å². The molecule has 8 nitrogen and oxygen atoms in total. The van der Waals surface area contributed by atoms with E-state index in [4.69, 9.17) is 43.5 Å². The van der Waals surface area contributed by atoms with Crippen LogP contribution in [-0.4, -0.2) is 33.5 Å². The minimum atomic E-state index is -3.38. The zero-order valence-electron chi connectivity index (χ0n) is 20.0. The number of ether oxygens (including phenoxy) is 2. The summed E-state index contributed by atoms with van der Waals surface area (Å²) in [4.78, 5) is 12.2. The van der Waals surface area contributed by atoms with E-state index in [-0.39, 0.29) is 12.5 Å². The molecule has 0 bridgehead atoms. The van der Waals surface area contributed by atoms with E-state index in [1.807, 2.05) is 26.0 Å². The van der Waals surface area contributed by atoms with E-state index < -0.39 is 16.0 Å². The van der Waals surface area contributed by atoms with Crippen molar-refractivity contribution in [1.29, 1.82) is 0 Å². The van der Waals surface area contributed by atoms with Gasteiger partial charge >= 0.3 is 5.97 Å². The van der Waals surface area contributed by atoms with E-state index in [2.05, 4.69) is 5.32 Å². The van der Waals surface area contributed by atoms with Crippen molar-refractivity contribution < 1.29 is 22.7 Å². The molecule has 5 N–H and O–H groups in total. The largest absolute Gasteiger partial charge is 0.435 e. The third kappa shape index (κ3) is 9.67. The molecule has 194 valence electrons. The van der Waals surface area contributed by atoms with Crippen molar-refractivity contribution in [3.05, 3.63) is 87.4 Å². The SMILES string of the molecule is CCOCOC(=O)c1ccccc1Nc1c(Cl)ccc(C)c1Cl.Nc1cccc(CCS(N)(=O)=O)c1. The number of nitrogens with one attached hydrogen (secondary N) is 1. The summed E-state index contributed by atoms with van der Waals surface area (Å²) in [6.07, 6.45) is 0.407. The first kappa shape index (κ1) is 29.4. The van der Waals surface area contributed by atoms with Crippen LogP contribution in [0.3, 0.4) is 0 Å². The normalized spacial score (nSPS) is 10.8. The number of primary sulfonamides is 1. The molecule has 3 aromatic rings. The maximum Gasteiger partial charge on any atom is 0.342 e. The summed E-state index contributed by atoms with van der Waals surface area (Å²) in [6.45, 7) is 4.09. The van der Waals surface area contributed by atoms with Crippen LogP contribution in [-0.2, 0) is 25.9 Å². The summed E-state index contributed by atoms with van der Waals surface area (Å²) in [5.41, 5.74) is 9.40. The fourth-order valence-corrected chi connectivity index (χ4v) is 3.93. The average molecular weight is 554 g/mol. The number of hydrogen-bond acceptors (Lipinski definition) is 7. The third-order valence-corrected chi connectivity index (χ3v) is 6.37. The Morgan fingerprint density at radius 1 is 1.06 bits per heavy atom. The molecule has 0 saturated carbocycles. The minimum Gasteiger partial charge on any atom is -0.435 e. The van der Waals surface area contributed by atoms with Gasteiger partial charge in [-0.15, -0.1) is 0 Å². The number of rotatable bonds is 9. The summed E-state index contributed by atoms with van der Waals surface area (Å²) < 4.78 is 31.4. The van der Waals surface area contributed by atoms with E-state index in [1.165, 1.54) is 0 Å². The number of esters is 1. The molecule has 0 atom stereocenters. The lowest BCUT2D eigenvalue weighted by atomic mass is 10.1. The Kier molecular flexibility index (Phi) is 11.5. The first-order valence-electron chi connectivity index (χ1n) is 10.9. The van der Waals surface area contributed by atoms with Crippen LogP contribution < -0.4 is 16.2 Å². The van der Waals surface area contributed by atoms with Gasteiger partial charge in [-0.3, -0.25) is 0 Å². The average Bonchev–Trinajstić information content (AvgIpc) is 2.83. The van der Waals surface area contributed by atoms with Crippen molar-refractivity contribution in [3.8, 4) is 0 Å². The standard InChI is InChI=1S/C17H17Cl2NO3.C8H12N2O2S/c1-3-22-10-23-17(21)12-6-4-5-7-14(12)20-16-13(18)9-8-11(2)15(16)19;9-8-3-1-2-7(6-8)4-5-13(10,11)12/h4-9,20H,3,10H2,1-2H3;1-3,6H,4-5,9H2,(H2,10,11,12). The number of halogens is 2. The molecule has 0 aliphatic heterocycles. The van der Waals surface area contributed by atoms with E-state index in [9.17, 15) is 13.2 Å². The molecule has 0 aliphatic rings. The van der Waals surface area contributed by atoms with Crippen molar-refractivity contribution in [2.75, 3.05) is 30.2 Å². The van der Waals surface area contributed by atoms with Crippen LogP contribution in [0.2, 0.25) is 10.0 Å². The number of aryl methyl sites for hydroxylation is 2. The summed E-state index contributed by atoms with van der Waals surface area (Å²) in [5, 5.41) is 8.96. The number of benzene rings is 3. The molecule has 0 aromatic heterocycles. The zero-order valence-corrected chi connectivity index (χ0v) is 22.3. The van der Waals surface area contributed by atoms with Gasteiger partial charge in [0.05, 0.1) is 32.7 Å². The number of carbonyl (C=O) groups is 1. The van der Waals surface area contributed by atoms with Gasteiger partial charge in [-0.25, -0.2) is 18.4 Å². The topological polar surface area (TPSA) is 134 Å². The molecule has 3 aromatic carbocycles. The predicted octanol–water partition coefficient (Wildman–Crippen LogP) is 5.30. The molecule has 0 saturated heterocycles. The van der Waals surface area contributed by atoms with Crippen LogP contribution in [0, 0.1) is 6.92 Å². The highest BCUT2D eigenvalue weighted by atomic mass is 35.5. The molecule has 11 heteroatoms. The number of nitrogens with two attached hydrogens (primary N) is 2. The van der Waals surface area contributed by atoms with Crippen molar-refractivity contribution >= 4 is 56.3 Å². The van der Waals surface area contributed by atoms with Crippen molar-refractivity contribution in [2.24, 2.45) is 5.14 Å². The fraction of sp³-hybridized carbons (Fsp3) is 0.240. The Bertz CT molecular complexity index is 1290. The molecule has 0 amide bonds. The lowest BCUT2D eigenvalue weighted by molar-refractivity contribution is -0.0273. The maximum absolute atomic E-state index is 12.2. The van der Waals surface area contributed by atoms with Gasteiger partial charge in [0.25, 0.3) is 0 Å². The fourth-order valence-electron chi connectivity index (χ4n) is 2.94. The molecule has 3 rings (SSSR count). The molecular formula is C25H29Cl2N3O5S. The Morgan fingerprint density at radius 2 is 1.78 bits per heavy atom. The Labute approximate surface area is 221 Å². The van der Waals surface area contributed by atoms with Gasteiger partial charge in [0.1, 0.15) is 0 Å². The monoisotopic (exact) mass is 553 g/mol. The van der Waals surface area contributed by atoms with Crippen molar-refractivity contribution in [2.45, 2.75) is 20.3 Å². The summed E-state index contributed by atoms with van der Waals surface area (Å²) in [5.74, 6) is -0.530. The maximum atomic E-state index is 12.2. The minimum absolute atomic E-state index is 0.0452. The molecule has 0 unspecified atom stereocenters. The molecule has 0 heterocycles. The second-order valence-corrected chi connectivity index (χ2v) is 10.1. The van der Waals surface area contributed by atoms with E-state index in [1.54, 1.807) is 48.5 Å². The molecule has 0 spiro atoms. The summed E-state index contributed by atoms with van der Waals surface area (Å²) in [6, 6.07) is 17.7. The van der Waals surface area contributed by atoms with Crippen LogP contribution >= 0.6 is 23.2 Å². The van der Waals surface area contributed by atoms with E-state index >= 15 is 0 Å². The highest BCUT2D eigenvalue weighted by molar-refractivity contribution is 7.89. The summed E-state index contributed by atoms with van der Waals surface area (Å²) in [7, 11) is -3.38.